The van der Waals surface area contributed by atoms with Gasteiger partial charge in [-0.25, -0.2) is 0 Å². The molecule has 0 saturated heterocycles. The molecule has 9 atom stereocenters. The minimum atomic E-state index is 0.634. The van der Waals surface area contributed by atoms with Gasteiger partial charge in [-0.2, -0.15) is 0 Å². The topological polar surface area (TPSA) is 0 Å². The molecule has 3 aliphatic carbocycles. The second-order valence-corrected chi connectivity index (χ2v) is 10.1. The van der Waals surface area contributed by atoms with Crippen molar-refractivity contribution in [3.8, 4) is 0 Å². The van der Waals surface area contributed by atoms with Gasteiger partial charge in [-0.15, -0.1) is 0 Å². The lowest BCUT2D eigenvalue weighted by atomic mass is 9.51. The van der Waals surface area contributed by atoms with Gasteiger partial charge in [0.15, 0.2) is 0 Å². The third-order valence-electron chi connectivity index (χ3n) is 8.64. The van der Waals surface area contributed by atoms with Crippen LogP contribution in [-0.4, -0.2) is 0 Å². The maximum Gasteiger partial charge on any atom is -0.0289 e. The molecule has 3 fully saturated rings. The Kier molecular flexibility index (Phi) is 4.70. The lowest BCUT2D eigenvalue weighted by molar-refractivity contribution is -0.0481. The van der Waals surface area contributed by atoms with E-state index >= 15 is 0 Å². The SMILES string of the molecule is CCC1CC(C)CC(C)(C2CC(C)C2C)CC1C1CCC1C. The second kappa shape index (κ2) is 6.14. The van der Waals surface area contributed by atoms with Crippen molar-refractivity contribution in [2.45, 2.75) is 86.5 Å². The molecule has 9 unspecified atom stereocenters. The van der Waals surface area contributed by atoms with Crippen molar-refractivity contribution in [1.82, 2.24) is 0 Å². The van der Waals surface area contributed by atoms with Crippen LogP contribution < -0.4 is 0 Å². The molecule has 0 aliphatic heterocycles. The normalized spacial score (nSPS) is 55.9. The van der Waals surface area contributed by atoms with Gasteiger partial charge in [-0.05, 0) is 84.9 Å². The Morgan fingerprint density at radius 3 is 2.05 bits per heavy atom. The molecule has 0 aromatic heterocycles. The van der Waals surface area contributed by atoms with Gasteiger partial charge in [0.05, 0.1) is 0 Å². The van der Waals surface area contributed by atoms with Crippen LogP contribution in [0.25, 0.3) is 0 Å². The van der Waals surface area contributed by atoms with Crippen LogP contribution in [0.5, 0.6) is 0 Å². The molecule has 0 spiro atoms. The highest BCUT2D eigenvalue weighted by Crippen LogP contribution is 2.60. The highest BCUT2D eigenvalue weighted by molar-refractivity contribution is 5.01. The van der Waals surface area contributed by atoms with E-state index in [1.807, 2.05) is 0 Å². The van der Waals surface area contributed by atoms with Crippen molar-refractivity contribution in [2.24, 2.45) is 52.8 Å². The van der Waals surface area contributed by atoms with Crippen molar-refractivity contribution in [3.63, 3.8) is 0 Å². The van der Waals surface area contributed by atoms with Crippen molar-refractivity contribution in [2.75, 3.05) is 0 Å². The molecule has 0 aromatic carbocycles. The summed E-state index contributed by atoms with van der Waals surface area (Å²) in [5, 5.41) is 0. The Morgan fingerprint density at radius 2 is 1.59 bits per heavy atom. The summed E-state index contributed by atoms with van der Waals surface area (Å²) in [7, 11) is 0. The van der Waals surface area contributed by atoms with Crippen LogP contribution in [-0.2, 0) is 0 Å². The van der Waals surface area contributed by atoms with E-state index in [0.29, 0.717) is 5.41 Å². The smallest absolute Gasteiger partial charge is 0.0289 e. The highest BCUT2D eigenvalue weighted by atomic mass is 14.6. The van der Waals surface area contributed by atoms with Gasteiger partial charge in [0.25, 0.3) is 0 Å². The van der Waals surface area contributed by atoms with E-state index in [0.717, 1.165) is 47.3 Å². The summed E-state index contributed by atoms with van der Waals surface area (Å²) in [6.07, 6.45) is 10.5. The average Bonchev–Trinajstić information content (AvgIpc) is 2.58. The maximum absolute atomic E-state index is 2.69. The third-order valence-corrected chi connectivity index (χ3v) is 8.64. The molecule has 0 radical (unpaired) electrons. The molecule has 128 valence electrons. The molecular weight excluding hydrogens is 264 g/mol. The lowest BCUT2D eigenvalue weighted by Gasteiger charge is -2.54. The van der Waals surface area contributed by atoms with Crippen molar-refractivity contribution in [3.05, 3.63) is 0 Å². The van der Waals surface area contributed by atoms with E-state index in [2.05, 4.69) is 41.5 Å². The quantitative estimate of drug-likeness (QED) is 0.503. The molecule has 0 heterocycles. The Hall–Kier alpha value is 0. The summed E-state index contributed by atoms with van der Waals surface area (Å²) >= 11 is 0. The number of hydrogen-bond donors (Lipinski definition) is 0. The zero-order valence-electron chi connectivity index (χ0n) is 16.1. The molecule has 3 rings (SSSR count). The maximum atomic E-state index is 2.69. The van der Waals surface area contributed by atoms with Crippen LogP contribution in [0.15, 0.2) is 0 Å². The van der Waals surface area contributed by atoms with Crippen LogP contribution in [0, 0.1) is 52.8 Å². The van der Waals surface area contributed by atoms with Gasteiger partial charge in [0, 0.05) is 0 Å². The molecule has 0 aromatic rings. The first-order valence-corrected chi connectivity index (χ1v) is 10.4. The highest BCUT2D eigenvalue weighted by Gasteiger charge is 2.51. The zero-order valence-corrected chi connectivity index (χ0v) is 16.1. The molecule has 0 heteroatoms. The summed E-state index contributed by atoms with van der Waals surface area (Å²) in [5.41, 5.74) is 0.634. The van der Waals surface area contributed by atoms with E-state index < -0.39 is 0 Å². The van der Waals surface area contributed by atoms with Crippen LogP contribution in [0.4, 0.5) is 0 Å². The fourth-order valence-corrected chi connectivity index (χ4v) is 6.91. The van der Waals surface area contributed by atoms with Gasteiger partial charge >= 0.3 is 0 Å². The predicted molar refractivity (Wildman–Crippen MR) is 96.7 cm³/mol. The Labute approximate surface area is 139 Å². The van der Waals surface area contributed by atoms with Gasteiger partial charge < -0.3 is 0 Å². The first-order valence-electron chi connectivity index (χ1n) is 10.4. The Balaban J connectivity index is 1.82. The Bertz CT molecular complexity index is 385. The first kappa shape index (κ1) is 16.8. The van der Waals surface area contributed by atoms with Crippen molar-refractivity contribution < 1.29 is 0 Å². The van der Waals surface area contributed by atoms with E-state index in [-0.39, 0.29) is 0 Å². The van der Waals surface area contributed by atoms with Gasteiger partial charge in [-0.1, -0.05) is 54.4 Å². The van der Waals surface area contributed by atoms with Gasteiger partial charge in [0.2, 0.25) is 0 Å². The fraction of sp³-hybridized carbons (Fsp3) is 1.00. The second-order valence-electron chi connectivity index (χ2n) is 10.1. The molecule has 22 heavy (non-hydrogen) atoms. The summed E-state index contributed by atoms with van der Waals surface area (Å²) in [6.45, 7) is 15.2. The third kappa shape index (κ3) is 2.78. The molecular formula is C22H40. The summed E-state index contributed by atoms with van der Waals surface area (Å²) in [5.74, 6) is 8.01. The van der Waals surface area contributed by atoms with Crippen molar-refractivity contribution >= 4 is 0 Å². The largest absolute Gasteiger partial charge is 0.0651 e. The lowest BCUT2D eigenvalue weighted by Crippen LogP contribution is -2.46. The molecule has 0 amide bonds. The zero-order chi connectivity index (χ0) is 16.1. The minimum absolute atomic E-state index is 0.634. The van der Waals surface area contributed by atoms with Crippen LogP contribution in [0.1, 0.15) is 86.5 Å². The van der Waals surface area contributed by atoms with Crippen molar-refractivity contribution in [1.29, 1.82) is 0 Å². The molecule has 0 nitrogen and oxygen atoms in total. The average molecular weight is 305 g/mol. The molecule has 3 saturated carbocycles. The van der Waals surface area contributed by atoms with Gasteiger partial charge in [0.1, 0.15) is 0 Å². The van der Waals surface area contributed by atoms with E-state index in [1.54, 1.807) is 6.42 Å². The molecule has 0 N–H and O–H groups in total. The number of hydrogen-bond acceptors (Lipinski definition) is 0. The van der Waals surface area contributed by atoms with Crippen LogP contribution in [0.3, 0.4) is 0 Å². The summed E-state index contributed by atoms with van der Waals surface area (Å²) in [6, 6.07) is 0. The van der Waals surface area contributed by atoms with Gasteiger partial charge in [-0.3, -0.25) is 0 Å². The molecule has 0 bridgehead atoms. The Morgan fingerprint density at radius 1 is 0.864 bits per heavy atom. The summed E-state index contributed by atoms with van der Waals surface area (Å²) in [4.78, 5) is 0. The van der Waals surface area contributed by atoms with Crippen LogP contribution >= 0.6 is 0 Å². The van der Waals surface area contributed by atoms with E-state index in [9.17, 15) is 0 Å². The monoisotopic (exact) mass is 304 g/mol. The standard InChI is InChI=1S/C22H40/c1-7-18-10-14(2)12-22(6,21-11-16(4)17(21)5)13-20(18)19-9-8-15(19)3/h14-21H,7-13H2,1-6H3. The summed E-state index contributed by atoms with van der Waals surface area (Å²) < 4.78 is 0. The van der Waals surface area contributed by atoms with E-state index in [1.165, 1.54) is 38.5 Å². The molecule has 3 aliphatic rings. The number of rotatable bonds is 3. The minimum Gasteiger partial charge on any atom is -0.0651 e. The fourth-order valence-electron chi connectivity index (χ4n) is 6.91. The van der Waals surface area contributed by atoms with Crippen LogP contribution in [0.2, 0.25) is 0 Å². The first-order chi connectivity index (χ1) is 10.4. The predicted octanol–water partition coefficient (Wildman–Crippen LogP) is 6.79. The van der Waals surface area contributed by atoms with E-state index in [4.69, 9.17) is 0 Å².